The van der Waals surface area contributed by atoms with Crippen LogP contribution in [-0.4, -0.2) is 61.8 Å². The van der Waals surface area contributed by atoms with Crippen LogP contribution >= 0.6 is 0 Å². The molecule has 1 aromatic heterocycles. The summed E-state index contributed by atoms with van der Waals surface area (Å²) in [6, 6.07) is 1.86. The molecule has 2 saturated heterocycles. The van der Waals surface area contributed by atoms with Crippen molar-refractivity contribution in [3.05, 3.63) is 18.5 Å². The number of hydrogen-bond donors (Lipinski definition) is 0. The van der Waals surface area contributed by atoms with E-state index >= 15 is 0 Å². The lowest BCUT2D eigenvalue weighted by molar-refractivity contribution is 0.135. The third-order valence-corrected chi connectivity index (χ3v) is 3.99. The van der Waals surface area contributed by atoms with Gasteiger partial charge in [-0.15, -0.1) is 0 Å². The molecule has 3 rings (SSSR count). The molecule has 3 heterocycles. The van der Waals surface area contributed by atoms with E-state index in [-0.39, 0.29) is 5.41 Å². The van der Waals surface area contributed by atoms with E-state index in [2.05, 4.69) is 33.9 Å². The lowest BCUT2D eigenvalue weighted by Gasteiger charge is -2.30. The average Bonchev–Trinajstić information content (AvgIpc) is 2.85. The predicted octanol–water partition coefficient (Wildman–Crippen LogP) is 0.491. The van der Waals surface area contributed by atoms with Crippen molar-refractivity contribution < 1.29 is 4.74 Å². The first-order chi connectivity index (χ1) is 8.70. The second-order valence-corrected chi connectivity index (χ2v) is 5.74. The molecule has 18 heavy (non-hydrogen) atoms. The van der Waals surface area contributed by atoms with E-state index in [4.69, 9.17) is 4.74 Å². The van der Waals surface area contributed by atoms with E-state index in [1.807, 2.05) is 18.5 Å². The van der Waals surface area contributed by atoms with Gasteiger partial charge in [0.1, 0.15) is 0 Å². The Hall–Kier alpha value is -1.20. The number of nitrogens with zero attached hydrogens (tertiary/aromatic N) is 4. The number of anilines is 1. The average molecular weight is 248 g/mol. The van der Waals surface area contributed by atoms with Gasteiger partial charge in [0.05, 0.1) is 13.2 Å². The fraction of sp³-hybridized carbons (Fsp3) is 0.692. The minimum absolute atomic E-state index is 0.253. The molecule has 2 aliphatic heterocycles. The Morgan fingerprint density at radius 2 is 2.22 bits per heavy atom. The molecule has 2 fully saturated rings. The topological polar surface area (TPSA) is 41.5 Å². The van der Waals surface area contributed by atoms with Crippen LogP contribution in [0.15, 0.2) is 18.5 Å². The molecule has 0 spiro atoms. The van der Waals surface area contributed by atoms with Gasteiger partial charge >= 0.3 is 0 Å². The summed E-state index contributed by atoms with van der Waals surface area (Å²) in [4.78, 5) is 13.3. The van der Waals surface area contributed by atoms with Crippen molar-refractivity contribution in [2.75, 3.05) is 51.8 Å². The van der Waals surface area contributed by atoms with E-state index in [1.165, 1.54) is 0 Å². The summed E-state index contributed by atoms with van der Waals surface area (Å²) in [5, 5.41) is 0. The van der Waals surface area contributed by atoms with Crippen LogP contribution in [0.2, 0.25) is 0 Å². The van der Waals surface area contributed by atoms with Gasteiger partial charge in [0.2, 0.25) is 5.95 Å². The summed E-state index contributed by atoms with van der Waals surface area (Å²) in [7, 11) is 4.26. The minimum atomic E-state index is 0.253. The Labute approximate surface area is 108 Å². The Morgan fingerprint density at radius 1 is 1.44 bits per heavy atom. The smallest absolute Gasteiger partial charge is 0.225 e. The SMILES string of the molecule is CN(C)C[C@@]12COC[C@@H]1CN(c1ncccn1)C2. The van der Waals surface area contributed by atoms with Crippen LogP contribution in [-0.2, 0) is 4.74 Å². The molecule has 0 radical (unpaired) electrons. The Morgan fingerprint density at radius 3 is 2.94 bits per heavy atom. The van der Waals surface area contributed by atoms with Gasteiger partial charge < -0.3 is 14.5 Å². The number of aromatic nitrogens is 2. The van der Waals surface area contributed by atoms with Crippen LogP contribution in [0.4, 0.5) is 5.95 Å². The Balaban J connectivity index is 1.80. The maximum absolute atomic E-state index is 5.71. The number of fused-ring (bicyclic) bond motifs is 1. The number of ether oxygens (including phenoxy) is 1. The van der Waals surface area contributed by atoms with E-state index in [9.17, 15) is 0 Å². The molecule has 0 N–H and O–H groups in total. The van der Waals surface area contributed by atoms with E-state index in [1.54, 1.807) is 0 Å². The maximum Gasteiger partial charge on any atom is 0.225 e. The van der Waals surface area contributed by atoms with Crippen molar-refractivity contribution in [1.29, 1.82) is 0 Å². The van der Waals surface area contributed by atoms with Crippen molar-refractivity contribution in [2.24, 2.45) is 11.3 Å². The highest BCUT2D eigenvalue weighted by Gasteiger charge is 2.51. The van der Waals surface area contributed by atoms with Crippen molar-refractivity contribution in [2.45, 2.75) is 0 Å². The molecule has 2 aliphatic rings. The molecular formula is C13H20N4O. The van der Waals surface area contributed by atoms with Gasteiger partial charge in [0.25, 0.3) is 0 Å². The van der Waals surface area contributed by atoms with Crippen molar-refractivity contribution in [3.8, 4) is 0 Å². The summed E-state index contributed by atoms with van der Waals surface area (Å²) in [6.45, 7) is 4.81. The molecule has 5 heteroatoms. The number of rotatable bonds is 3. The standard InChI is InChI=1S/C13H20N4O/c1-16(2)8-13-9-17(6-11(13)7-18-10-13)12-14-4-3-5-15-12/h3-5,11H,6-10H2,1-2H3/t11-,13+/m0/s1. The fourth-order valence-electron chi connectivity index (χ4n) is 3.29. The second-order valence-electron chi connectivity index (χ2n) is 5.74. The first-order valence-electron chi connectivity index (χ1n) is 6.44. The first kappa shape index (κ1) is 11.9. The van der Waals surface area contributed by atoms with Crippen LogP contribution in [0.25, 0.3) is 0 Å². The zero-order valence-electron chi connectivity index (χ0n) is 11.0. The van der Waals surface area contributed by atoms with Gasteiger partial charge in [0.15, 0.2) is 0 Å². The van der Waals surface area contributed by atoms with E-state index in [0.29, 0.717) is 5.92 Å². The third kappa shape index (κ3) is 1.97. The molecule has 0 aliphatic carbocycles. The van der Waals surface area contributed by atoms with Gasteiger partial charge in [-0.3, -0.25) is 0 Å². The molecule has 2 atom stereocenters. The summed E-state index contributed by atoms with van der Waals surface area (Å²) >= 11 is 0. The molecule has 0 aromatic carbocycles. The second kappa shape index (κ2) is 4.48. The van der Waals surface area contributed by atoms with Crippen molar-refractivity contribution in [3.63, 3.8) is 0 Å². The van der Waals surface area contributed by atoms with Crippen LogP contribution in [0, 0.1) is 11.3 Å². The van der Waals surface area contributed by atoms with Gasteiger partial charge in [-0.1, -0.05) is 0 Å². The van der Waals surface area contributed by atoms with Crippen molar-refractivity contribution >= 4 is 5.95 Å². The lowest BCUT2D eigenvalue weighted by atomic mass is 9.81. The Bertz CT molecular complexity index is 411. The van der Waals surface area contributed by atoms with Gasteiger partial charge in [0, 0.05) is 43.4 Å². The molecule has 0 saturated carbocycles. The van der Waals surface area contributed by atoms with Crippen LogP contribution < -0.4 is 4.90 Å². The highest BCUT2D eigenvalue weighted by Crippen LogP contribution is 2.42. The molecule has 5 nitrogen and oxygen atoms in total. The molecule has 0 bridgehead atoms. The fourth-order valence-corrected chi connectivity index (χ4v) is 3.29. The minimum Gasteiger partial charge on any atom is -0.380 e. The highest BCUT2D eigenvalue weighted by molar-refractivity contribution is 5.33. The number of hydrogen-bond acceptors (Lipinski definition) is 5. The maximum atomic E-state index is 5.71. The van der Waals surface area contributed by atoms with E-state index < -0.39 is 0 Å². The summed E-state index contributed by atoms with van der Waals surface area (Å²) in [5.74, 6) is 1.45. The molecule has 0 unspecified atom stereocenters. The van der Waals surface area contributed by atoms with E-state index in [0.717, 1.165) is 38.8 Å². The summed E-state index contributed by atoms with van der Waals surface area (Å²) < 4.78 is 5.71. The van der Waals surface area contributed by atoms with Crippen LogP contribution in [0.5, 0.6) is 0 Å². The summed E-state index contributed by atoms with van der Waals surface area (Å²) in [6.07, 6.45) is 3.62. The van der Waals surface area contributed by atoms with Gasteiger partial charge in [-0.2, -0.15) is 0 Å². The van der Waals surface area contributed by atoms with Gasteiger partial charge in [-0.05, 0) is 20.2 Å². The van der Waals surface area contributed by atoms with Crippen LogP contribution in [0.1, 0.15) is 0 Å². The molecular weight excluding hydrogens is 228 g/mol. The first-order valence-corrected chi connectivity index (χ1v) is 6.44. The monoisotopic (exact) mass is 248 g/mol. The molecule has 98 valence electrons. The lowest BCUT2D eigenvalue weighted by Crippen LogP contribution is -2.40. The largest absolute Gasteiger partial charge is 0.380 e. The molecule has 1 aromatic rings. The summed E-state index contributed by atoms with van der Waals surface area (Å²) in [5.41, 5.74) is 0.253. The highest BCUT2D eigenvalue weighted by atomic mass is 16.5. The zero-order valence-corrected chi connectivity index (χ0v) is 11.0. The third-order valence-electron chi connectivity index (χ3n) is 3.99. The zero-order chi connectivity index (χ0) is 12.6. The van der Waals surface area contributed by atoms with Crippen LogP contribution in [0.3, 0.4) is 0 Å². The Kier molecular flexibility index (Phi) is 2.95. The quantitative estimate of drug-likeness (QED) is 0.779. The normalized spacial score (nSPS) is 31.1. The van der Waals surface area contributed by atoms with Crippen molar-refractivity contribution in [1.82, 2.24) is 14.9 Å². The predicted molar refractivity (Wildman–Crippen MR) is 69.5 cm³/mol. The van der Waals surface area contributed by atoms with Gasteiger partial charge in [-0.25, -0.2) is 9.97 Å². The molecule has 0 amide bonds.